The molecule has 0 bridgehead atoms. The highest BCUT2D eigenvalue weighted by Gasteiger charge is 2.23. The van der Waals surface area contributed by atoms with Gasteiger partial charge >= 0.3 is 0 Å². The number of aryl methyl sites for hydroxylation is 1. The molecule has 5 N–H and O–H groups in total. The molecule has 1 aliphatic carbocycles. The number of anilines is 2. The zero-order chi connectivity index (χ0) is 14.1. The summed E-state index contributed by atoms with van der Waals surface area (Å²) in [5.41, 5.74) is 14.0. The van der Waals surface area contributed by atoms with Gasteiger partial charge in [0.05, 0.1) is 6.04 Å². The van der Waals surface area contributed by atoms with E-state index in [4.69, 9.17) is 11.5 Å². The lowest BCUT2D eigenvalue weighted by molar-refractivity contribution is 0.100. The van der Waals surface area contributed by atoms with Crippen molar-refractivity contribution in [1.82, 2.24) is 4.37 Å². The van der Waals surface area contributed by atoms with E-state index in [0.717, 1.165) is 19.3 Å². The molecule has 0 saturated carbocycles. The molecule has 1 amide bonds. The molecule has 2 aromatic rings. The van der Waals surface area contributed by atoms with Gasteiger partial charge in [0.2, 0.25) is 0 Å². The number of nitrogen functional groups attached to an aromatic ring is 1. The minimum atomic E-state index is -0.539. The SMILES string of the molecule is NC(=O)c1c(N)nsc1NC1CCCc2ccccc21. The number of carbonyl (C=O) groups is 1. The summed E-state index contributed by atoms with van der Waals surface area (Å²) in [4.78, 5) is 11.5. The van der Waals surface area contributed by atoms with Crippen LogP contribution in [0.5, 0.6) is 0 Å². The first-order valence-corrected chi connectivity index (χ1v) is 7.33. The number of nitrogens with one attached hydrogen (secondary N) is 1. The van der Waals surface area contributed by atoms with E-state index < -0.39 is 5.91 Å². The Balaban J connectivity index is 1.92. The Morgan fingerprint density at radius 2 is 2.20 bits per heavy atom. The van der Waals surface area contributed by atoms with Gasteiger partial charge in [-0.2, -0.15) is 4.37 Å². The van der Waals surface area contributed by atoms with Crippen molar-refractivity contribution in [3.05, 3.63) is 41.0 Å². The van der Waals surface area contributed by atoms with Crippen LogP contribution in [-0.4, -0.2) is 10.3 Å². The van der Waals surface area contributed by atoms with Gasteiger partial charge in [0.15, 0.2) is 5.82 Å². The number of rotatable bonds is 3. The number of hydrogen-bond acceptors (Lipinski definition) is 5. The predicted molar refractivity (Wildman–Crippen MR) is 80.8 cm³/mol. The highest BCUT2D eigenvalue weighted by Crippen LogP contribution is 2.35. The monoisotopic (exact) mass is 288 g/mol. The molecule has 0 radical (unpaired) electrons. The van der Waals surface area contributed by atoms with Crippen LogP contribution in [0, 0.1) is 0 Å². The number of amides is 1. The van der Waals surface area contributed by atoms with Crippen LogP contribution in [0.2, 0.25) is 0 Å². The molecule has 1 unspecified atom stereocenters. The van der Waals surface area contributed by atoms with Crippen molar-refractivity contribution in [3.8, 4) is 0 Å². The first-order valence-electron chi connectivity index (χ1n) is 6.56. The van der Waals surface area contributed by atoms with Gasteiger partial charge in [0.25, 0.3) is 5.91 Å². The van der Waals surface area contributed by atoms with E-state index in [0.29, 0.717) is 10.6 Å². The highest BCUT2D eigenvalue weighted by molar-refractivity contribution is 7.11. The van der Waals surface area contributed by atoms with Crippen molar-refractivity contribution in [2.24, 2.45) is 5.73 Å². The fourth-order valence-electron chi connectivity index (χ4n) is 2.70. The topological polar surface area (TPSA) is 94.0 Å². The Hall–Kier alpha value is -2.08. The summed E-state index contributed by atoms with van der Waals surface area (Å²) in [6.45, 7) is 0. The third-order valence-corrected chi connectivity index (χ3v) is 4.43. The van der Waals surface area contributed by atoms with Crippen molar-refractivity contribution in [3.63, 3.8) is 0 Å². The van der Waals surface area contributed by atoms with Crippen LogP contribution in [0.15, 0.2) is 24.3 Å². The molecule has 6 heteroatoms. The van der Waals surface area contributed by atoms with Gasteiger partial charge in [-0.05, 0) is 41.9 Å². The Morgan fingerprint density at radius 3 is 3.00 bits per heavy atom. The second-order valence-electron chi connectivity index (χ2n) is 4.92. The summed E-state index contributed by atoms with van der Waals surface area (Å²) in [7, 11) is 0. The number of nitrogens with zero attached hydrogens (tertiary/aromatic N) is 1. The lowest BCUT2D eigenvalue weighted by atomic mass is 9.88. The third kappa shape index (κ3) is 2.22. The maximum atomic E-state index is 11.5. The fraction of sp³-hybridized carbons (Fsp3) is 0.286. The van der Waals surface area contributed by atoms with E-state index >= 15 is 0 Å². The molecule has 5 nitrogen and oxygen atoms in total. The molecular weight excluding hydrogens is 272 g/mol. The summed E-state index contributed by atoms with van der Waals surface area (Å²) >= 11 is 1.19. The number of benzene rings is 1. The number of aromatic nitrogens is 1. The van der Waals surface area contributed by atoms with Crippen LogP contribution in [0.1, 0.15) is 40.4 Å². The molecule has 0 spiro atoms. The largest absolute Gasteiger partial charge is 0.382 e. The standard InChI is InChI=1S/C14H16N4OS/c15-12-11(13(16)19)14(20-18-12)17-10-7-3-5-8-4-1-2-6-9(8)10/h1-2,4,6,10,17H,3,5,7H2,(H2,15,18)(H2,16,19). The van der Waals surface area contributed by atoms with Crippen LogP contribution >= 0.6 is 11.5 Å². The summed E-state index contributed by atoms with van der Waals surface area (Å²) < 4.78 is 4.02. The van der Waals surface area contributed by atoms with E-state index in [1.165, 1.54) is 22.7 Å². The summed E-state index contributed by atoms with van der Waals surface area (Å²) in [6, 6.07) is 8.55. The van der Waals surface area contributed by atoms with Gasteiger partial charge in [0, 0.05) is 0 Å². The number of primary amides is 1. The first-order chi connectivity index (χ1) is 9.66. The van der Waals surface area contributed by atoms with Gasteiger partial charge in [-0.1, -0.05) is 24.3 Å². The lowest BCUT2D eigenvalue weighted by Gasteiger charge is -2.26. The molecule has 0 saturated heterocycles. The molecule has 104 valence electrons. The van der Waals surface area contributed by atoms with E-state index in [1.807, 2.05) is 6.07 Å². The lowest BCUT2D eigenvalue weighted by Crippen LogP contribution is -2.19. The van der Waals surface area contributed by atoms with Crippen molar-refractivity contribution in [2.75, 3.05) is 11.1 Å². The van der Waals surface area contributed by atoms with Gasteiger partial charge in [-0.15, -0.1) is 0 Å². The number of nitrogens with two attached hydrogens (primary N) is 2. The Bertz CT molecular complexity index is 652. The molecular formula is C14H16N4OS. The van der Waals surface area contributed by atoms with Crippen molar-refractivity contribution < 1.29 is 4.79 Å². The molecule has 1 atom stereocenters. The fourth-order valence-corrected chi connectivity index (χ4v) is 3.47. The number of fused-ring (bicyclic) bond motifs is 1. The molecule has 3 rings (SSSR count). The van der Waals surface area contributed by atoms with Gasteiger partial charge in [0.1, 0.15) is 10.6 Å². The number of hydrogen-bond donors (Lipinski definition) is 3. The molecule has 1 aromatic carbocycles. The van der Waals surface area contributed by atoms with Gasteiger partial charge in [-0.3, -0.25) is 4.79 Å². The quantitative estimate of drug-likeness (QED) is 0.807. The second-order valence-corrected chi connectivity index (χ2v) is 5.70. The van der Waals surface area contributed by atoms with Crippen LogP contribution in [0.4, 0.5) is 10.8 Å². The van der Waals surface area contributed by atoms with Gasteiger partial charge in [-0.25, -0.2) is 0 Å². The molecule has 1 aromatic heterocycles. The molecule has 1 heterocycles. The van der Waals surface area contributed by atoms with Gasteiger partial charge < -0.3 is 16.8 Å². The summed E-state index contributed by atoms with van der Waals surface area (Å²) in [5, 5.41) is 4.05. The van der Waals surface area contributed by atoms with Crippen LogP contribution in [0.3, 0.4) is 0 Å². The zero-order valence-electron chi connectivity index (χ0n) is 10.9. The Morgan fingerprint density at radius 1 is 1.40 bits per heavy atom. The average Bonchev–Trinajstić information content (AvgIpc) is 2.80. The highest BCUT2D eigenvalue weighted by atomic mass is 32.1. The van der Waals surface area contributed by atoms with E-state index in [-0.39, 0.29) is 11.9 Å². The third-order valence-electron chi connectivity index (χ3n) is 3.64. The van der Waals surface area contributed by atoms with Crippen LogP contribution in [-0.2, 0) is 6.42 Å². The van der Waals surface area contributed by atoms with Crippen molar-refractivity contribution >= 4 is 28.3 Å². The first kappa shape index (κ1) is 12.9. The van der Waals surface area contributed by atoms with E-state index in [9.17, 15) is 4.79 Å². The molecule has 20 heavy (non-hydrogen) atoms. The maximum absolute atomic E-state index is 11.5. The Kier molecular flexibility index (Phi) is 3.31. The summed E-state index contributed by atoms with van der Waals surface area (Å²) in [6.07, 6.45) is 3.24. The maximum Gasteiger partial charge on any atom is 0.255 e. The zero-order valence-corrected chi connectivity index (χ0v) is 11.7. The normalized spacial score (nSPS) is 17.5. The minimum Gasteiger partial charge on any atom is -0.382 e. The average molecular weight is 288 g/mol. The van der Waals surface area contributed by atoms with Crippen LogP contribution < -0.4 is 16.8 Å². The smallest absolute Gasteiger partial charge is 0.255 e. The molecule has 1 aliphatic rings. The van der Waals surface area contributed by atoms with E-state index in [2.05, 4.69) is 27.9 Å². The minimum absolute atomic E-state index is 0.179. The van der Waals surface area contributed by atoms with Crippen LogP contribution in [0.25, 0.3) is 0 Å². The number of carbonyl (C=O) groups excluding carboxylic acids is 1. The van der Waals surface area contributed by atoms with Crippen molar-refractivity contribution in [2.45, 2.75) is 25.3 Å². The predicted octanol–water partition coefficient (Wildman–Crippen LogP) is 2.31. The molecule has 0 fully saturated rings. The second kappa shape index (κ2) is 5.13. The Labute approximate surface area is 121 Å². The van der Waals surface area contributed by atoms with E-state index in [1.54, 1.807) is 0 Å². The molecule has 0 aliphatic heterocycles. The summed E-state index contributed by atoms with van der Waals surface area (Å²) in [5.74, 6) is -0.336. The van der Waals surface area contributed by atoms with Crippen molar-refractivity contribution in [1.29, 1.82) is 0 Å².